The molecule has 1 aliphatic rings. The van der Waals surface area contributed by atoms with Gasteiger partial charge in [-0.2, -0.15) is 0 Å². The quantitative estimate of drug-likeness (QED) is 0.607. The molecule has 2 N–H and O–H groups in total. The van der Waals surface area contributed by atoms with Gasteiger partial charge < -0.3 is 10.6 Å². The molecule has 1 aromatic carbocycles. The maximum atomic E-state index is 14.4. The number of benzene rings is 1. The first-order valence-corrected chi connectivity index (χ1v) is 8.62. The van der Waals surface area contributed by atoms with E-state index in [0.717, 1.165) is 11.0 Å². The lowest BCUT2D eigenvalue weighted by Gasteiger charge is -2.20. The monoisotopic (exact) mass is 381 g/mol. The first kappa shape index (κ1) is 19.9. The van der Waals surface area contributed by atoms with Gasteiger partial charge in [0.05, 0.1) is 22.8 Å². The summed E-state index contributed by atoms with van der Waals surface area (Å²) in [5.41, 5.74) is 1.14. The molecule has 6 nitrogen and oxygen atoms in total. The molecular formula is C18H21ClFN3O3. The predicted octanol–water partition coefficient (Wildman–Crippen LogP) is 3.02. The van der Waals surface area contributed by atoms with Crippen LogP contribution in [-0.2, 0) is 14.4 Å². The van der Waals surface area contributed by atoms with Gasteiger partial charge in [0.15, 0.2) is 0 Å². The Morgan fingerprint density at radius 1 is 1.35 bits per heavy atom. The Morgan fingerprint density at radius 3 is 2.54 bits per heavy atom. The molecule has 8 heteroatoms. The molecule has 1 aromatic rings. The van der Waals surface area contributed by atoms with Crippen molar-refractivity contribution in [2.24, 2.45) is 0 Å². The number of hydrogen-bond acceptors (Lipinski definition) is 4. The Kier molecular flexibility index (Phi) is 6.02. The van der Waals surface area contributed by atoms with E-state index in [1.165, 1.54) is 6.07 Å². The van der Waals surface area contributed by atoms with Crippen LogP contribution in [0.1, 0.15) is 34.1 Å². The number of likely N-dealkylation sites (N-methyl/N-ethyl adjacent to an activating group) is 1. The van der Waals surface area contributed by atoms with Crippen LogP contribution in [-0.4, -0.2) is 30.3 Å². The number of hydrogen-bond donors (Lipinski definition) is 2. The van der Waals surface area contributed by atoms with Crippen LogP contribution in [0.5, 0.6) is 0 Å². The number of imide groups is 1. The molecule has 26 heavy (non-hydrogen) atoms. The van der Waals surface area contributed by atoms with Gasteiger partial charge in [-0.3, -0.25) is 14.4 Å². The summed E-state index contributed by atoms with van der Waals surface area (Å²) in [4.78, 5) is 37.4. The van der Waals surface area contributed by atoms with Crippen molar-refractivity contribution in [2.45, 2.75) is 40.2 Å². The van der Waals surface area contributed by atoms with E-state index in [2.05, 4.69) is 10.6 Å². The van der Waals surface area contributed by atoms with Crippen molar-refractivity contribution in [3.63, 3.8) is 0 Å². The zero-order chi connectivity index (χ0) is 19.6. The molecule has 0 aliphatic carbocycles. The molecule has 2 rings (SSSR count). The molecule has 0 radical (unpaired) electrons. The van der Waals surface area contributed by atoms with Crippen LogP contribution in [0.4, 0.5) is 15.8 Å². The smallest absolute Gasteiger partial charge is 0.261 e. The Labute approximate surface area is 156 Å². The van der Waals surface area contributed by atoms with E-state index < -0.39 is 23.7 Å². The minimum atomic E-state index is -0.789. The summed E-state index contributed by atoms with van der Waals surface area (Å²) in [6.07, 6.45) is -0.0682. The van der Waals surface area contributed by atoms with Gasteiger partial charge in [0.2, 0.25) is 11.8 Å². The van der Waals surface area contributed by atoms with E-state index in [4.69, 9.17) is 11.6 Å². The SMILES string of the molecule is CCNC(=O)C(C)Nc1cc(N2C(=O)CC(=C(C)C)C2=O)c(F)cc1Cl. The van der Waals surface area contributed by atoms with Crippen molar-refractivity contribution in [3.8, 4) is 0 Å². The van der Waals surface area contributed by atoms with E-state index >= 15 is 0 Å². The molecule has 1 saturated heterocycles. The van der Waals surface area contributed by atoms with Gasteiger partial charge in [-0.25, -0.2) is 9.29 Å². The number of carbonyl (C=O) groups excluding carboxylic acids is 3. The Hall–Kier alpha value is -2.41. The van der Waals surface area contributed by atoms with Gasteiger partial charge in [-0.05, 0) is 39.8 Å². The van der Waals surface area contributed by atoms with Gasteiger partial charge in [0.25, 0.3) is 5.91 Å². The van der Waals surface area contributed by atoms with E-state index in [-0.39, 0.29) is 28.7 Å². The number of carbonyl (C=O) groups is 3. The molecule has 1 heterocycles. The normalized spacial score (nSPS) is 15.3. The molecule has 3 amide bonds. The second kappa shape index (κ2) is 7.86. The number of nitrogens with one attached hydrogen (secondary N) is 2. The Balaban J connectivity index is 2.39. The van der Waals surface area contributed by atoms with Crippen molar-refractivity contribution in [3.05, 3.63) is 34.1 Å². The first-order chi connectivity index (χ1) is 12.2. The van der Waals surface area contributed by atoms with Gasteiger partial charge in [-0.1, -0.05) is 17.2 Å². The highest BCUT2D eigenvalue weighted by Gasteiger charge is 2.37. The van der Waals surface area contributed by atoms with Crippen LogP contribution in [0.25, 0.3) is 0 Å². The van der Waals surface area contributed by atoms with Crippen molar-refractivity contribution in [2.75, 3.05) is 16.8 Å². The van der Waals surface area contributed by atoms with Crippen LogP contribution < -0.4 is 15.5 Å². The predicted molar refractivity (Wildman–Crippen MR) is 98.7 cm³/mol. The highest BCUT2D eigenvalue weighted by Crippen LogP contribution is 2.35. The molecule has 1 fully saturated rings. The van der Waals surface area contributed by atoms with Crippen LogP contribution in [0, 0.1) is 5.82 Å². The zero-order valence-corrected chi connectivity index (χ0v) is 15.8. The molecule has 0 aromatic heterocycles. The van der Waals surface area contributed by atoms with Crippen molar-refractivity contribution in [1.29, 1.82) is 0 Å². The van der Waals surface area contributed by atoms with Gasteiger partial charge >= 0.3 is 0 Å². The highest BCUT2D eigenvalue weighted by molar-refractivity contribution is 6.34. The summed E-state index contributed by atoms with van der Waals surface area (Å²) in [5.74, 6) is -2.09. The fourth-order valence-corrected chi connectivity index (χ4v) is 2.84. The minimum Gasteiger partial charge on any atom is -0.373 e. The van der Waals surface area contributed by atoms with Crippen LogP contribution in [0.3, 0.4) is 0 Å². The first-order valence-electron chi connectivity index (χ1n) is 8.24. The molecule has 0 saturated carbocycles. The number of anilines is 2. The van der Waals surface area contributed by atoms with Gasteiger partial charge in [0, 0.05) is 12.1 Å². The van der Waals surface area contributed by atoms with Crippen LogP contribution >= 0.6 is 11.6 Å². The average Bonchev–Trinajstić information content (AvgIpc) is 2.85. The molecule has 1 atom stereocenters. The second-order valence-corrected chi connectivity index (χ2v) is 6.64. The minimum absolute atomic E-state index is 0.0453. The summed E-state index contributed by atoms with van der Waals surface area (Å²) < 4.78 is 14.4. The largest absolute Gasteiger partial charge is 0.373 e. The Morgan fingerprint density at radius 2 is 2.00 bits per heavy atom. The number of allylic oxidation sites excluding steroid dienone is 1. The molecule has 1 unspecified atom stereocenters. The van der Waals surface area contributed by atoms with E-state index in [1.54, 1.807) is 27.7 Å². The molecule has 0 spiro atoms. The maximum Gasteiger partial charge on any atom is 0.261 e. The standard InChI is InChI=1S/C18H21ClFN3O3/c1-5-21-17(25)10(4)22-14-8-15(13(20)7-12(14)19)23-16(24)6-11(9(2)3)18(23)26/h7-8,10,22H,5-6H2,1-4H3,(H,21,25). The Bertz CT molecular complexity index is 803. The van der Waals surface area contributed by atoms with Crippen LogP contribution in [0.2, 0.25) is 5.02 Å². The van der Waals surface area contributed by atoms with Crippen molar-refractivity contribution < 1.29 is 18.8 Å². The van der Waals surface area contributed by atoms with E-state index in [9.17, 15) is 18.8 Å². The maximum absolute atomic E-state index is 14.4. The summed E-state index contributed by atoms with van der Waals surface area (Å²) in [7, 11) is 0. The molecular weight excluding hydrogens is 361 g/mol. The lowest BCUT2D eigenvalue weighted by Crippen LogP contribution is -2.37. The fraction of sp³-hybridized carbons (Fsp3) is 0.389. The number of rotatable bonds is 5. The molecule has 140 valence electrons. The summed E-state index contributed by atoms with van der Waals surface area (Å²) in [6.45, 7) is 7.33. The van der Waals surface area contributed by atoms with Crippen molar-refractivity contribution >= 4 is 40.7 Å². The van der Waals surface area contributed by atoms with Gasteiger partial charge in [-0.15, -0.1) is 0 Å². The molecule has 0 bridgehead atoms. The third-order valence-electron chi connectivity index (χ3n) is 4.04. The number of nitrogens with zero attached hydrogens (tertiary/aromatic N) is 1. The summed E-state index contributed by atoms with van der Waals surface area (Å²) in [6, 6.07) is 1.66. The molecule has 1 aliphatic heterocycles. The van der Waals surface area contributed by atoms with Crippen molar-refractivity contribution in [1.82, 2.24) is 5.32 Å². The van der Waals surface area contributed by atoms with E-state index in [0.29, 0.717) is 17.7 Å². The zero-order valence-electron chi connectivity index (χ0n) is 15.1. The van der Waals surface area contributed by atoms with Crippen LogP contribution in [0.15, 0.2) is 23.3 Å². The lowest BCUT2D eigenvalue weighted by molar-refractivity contribution is -0.122. The fourth-order valence-electron chi connectivity index (χ4n) is 2.63. The number of amides is 3. The lowest BCUT2D eigenvalue weighted by atomic mass is 10.1. The topological polar surface area (TPSA) is 78.5 Å². The number of halogens is 2. The van der Waals surface area contributed by atoms with E-state index in [1.807, 2.05) is 0 Å². The third kappa shape index (κ3) is 3.88. The summed E-state index contributed by atoms with van der Waals surface area (Å²) in [5, 5.41) is 5.58. The van der Waals surface area contributed by atoms with Gasteiger partial charge in [0.1, 0.15) is 11.9 Å². The highest BCUT2D eigenvalue weighted by atomic mass is 35.5. The third-order valence-corrected chi connectivity index (χ3v) is 4.35. The second-order valence-electron chi connectivity index (χ2n) is 6.23. The summed E-state index contributed by atoms with van der Waals surface area (Å²) >= 11 is 6.05. The average molecular weight is 382 g/mol.